The van der Waals surface area contributed by atoms with Crippen LogP contribution in [0.5, 0.6) is 5.75 Å². The van der Waals surface area contributed by atoms with E-state index in [9.17, 15) is 9.59 Å². The van der Waals surface area contributed by atoms with Gasteiger partial charge < -0.3 is 15.0 Å². The van der Waals surface area contributed by atoms with Gasteiger partial charge in [-0.05, 0) is 71.8 Å². The van der Waals surface area contributed by atoms with Crippen molar-refractivity contribution in [1.29, 1.82) is 0 Å². The summed E-state index contributed by atoms with van der Waals surface area (Å²) in [4.78, 5) is 35.9. The molecule has 0 radical (unpaired) electrons. The Morgan fingerprint density at radius 1 is 1.02 bits per heavy atom. The molecular formula is C34H38Cl2N4O3. The molecule has 0 aliphatic carbocycles. The van der Waals surface area contributed by atoms with Gasteiger partial charge in [-0.2, -0.15) is 0 Å². The number of nitrogens with one attached hydrogen (secondary N) is 1. The number of aliphatic imine (C=N–C) groups is 1. The van der Waals surface area contributed by atoms with Gasteiger partial charge in [0.05, 0.1) is 18.2 Å². The first-order chi connectivity index (χ1) is 20.5. The van der Waals surface area contributed by atoms with Gasteiger partial charge in [0.15, 0.2) is 0 Å². The SMILES string of the molecule is CCOc1cc(C(C)(C)C)ccc1C1=N[C@@](CC)(c2ccc(Cl)cc2)[C@H](c2ccc(Cl)cc2)N1C(=O)N1CCNC(=O)C1. The molecule has 0 aromatic heterocycles. The van der Waals surface area contributed by atoms with Crippen molar-refractivity contribution < 1.29 is 14.3 Å². The number of urea groups is 1. The number of hydrogen-bond donors (Lipinski definition) is 1. The van der Waals surface area contributed by atoms with E-state index in [2.05, 4.69) is 39.1 Å². The zero-order valence-electron chi connectivity index (χ0n) is 25.3. The van der Waals surface area contributed by atoms with E-state index in [0.29, 0.717) is 53.3 Å². The number of nitrogens with zero attached hydrogens (tertiary/aromatic N) is 3. The van der Waals surface area contributed by atoms with Crippen molar-refractivity contribution in [1.82, 2.24) is 15.1 Å². The largest absolute Gasteiger partial charge is 0.493 e. The van der Waals surface area contributed by atoms with Crippen molar-refractivity contribution >= 4 is 41.0 Å². The zero-order valence-corrected chi connectivity index (χ0v) is 26.8. The van der Waals surface area contributed by atoms with Gasteiger partial charge in [0.2, 0.25) is 5.91 Å². The third-order valence-electron chi connectivity index (χ3n) is 8.22. The highest BCUT2D eigenvalue weighted by atomic mass is 35.5. The molecule has 1 N–H and O–H groups in total. The summed E-state index contributed by atoms with van der Waals surface area (Å²) < 4.78 is 6.22. The van der Waals surface area contributed by atoms with Gasteiger partial charge in [0.25, 0.3) is 0 Å². The number of amidine groups is 1. The van der Waals surface area contributed by atoms with Gasteiger partial charge in [-0.3, -0.25) is 14.7 Å². The molecule has 9 heteroatoms. The number of halogens is 2. The van der Waals surface area contributed by atoms with Gasteiger partial charge in [-0.1, -0.05) is 81.2 Å². The zero-order chi connectivity index (χ0) is 30.9. The van der Waals surface area contributed by atoms with E-state index in [1.54, 1.807) is 9.80 Å². The lowest BCUT2D eigenvalue weighted by Crippen LogP contribution is -2.55. The third-order valence-corrected chi connectivity index (χ3v) is 8.72. The first-order valence-electron chi connectivity index (χ1n) is 14.7. The topological polar surface area (TPSA) is 74.2 Å². The van der Waals surface area contributed by atoms with Crippen LogP contribution >= 0.6 is 23.2 Å². The predicted octanol–water partition coefficient (Wildman–Crippen LogP) is 7.35. The molecule has 2 atom stereocenters. The van der Waals surface area contributed by atoms with Crippen LogP contribution in [0.25, 0.3) is 0 Å². The summed E-state index contributed by atoms with van der Waals surface area (Å²) in [5.41, 5.74) is 2.64. The average molecular weight is 622 g/mol. The summed E-state index contributed by atoms with van der Waals surface area (Å²) in [7, 11) is 0. The van der Waals surface area contributed by atoms with Crippen molar-refractivity contribution in [3.05, 3.63) is 99.0 Å². The molecule has 7 nitrogen and oxygen atoms in total. The van der Waals surface area contributed by atoms with Crippen LogP contribution in [0.4, 0.5) is 4.79 Å². The minimum atomic E-state index is -0.867. The van der Waals surface area contributed by atoms with E-state index in [0.717, 1.165) is 16.7 Å². The average Bonchev–Trinajstić information content (AvgIpc) is 3.33. The van der Waals surface area contributed by atoms with Crippen LogP contribution in [-0.4, -0.2) is 53.8 Å². The van der Waals surface area contributed by atoms with Crippen molar-refractivity contribution in [2.45, 2.75) is 58.0 Å². The fourth-order valence-electron chi connectivity index (χ4n) is 5.94. The highest BCUT2D eigenvalue weighted by molar-refractivity contribution is 6.30. The summed E-state index contributed by atoms with van der Waals surface area (Å²) in [6, 6.07) is 20.5. The quantitative estimate of drug-likeness (QED) is 0.313. The number of benzene rings is 3. The Morgan fingerprint density at radius 2 is 1.67 bits per heavy atom. The highest BCUT2D eigenvalue weighted by Gasteiger charge is 2.53. The van der Waals surface area contributed by atoms with E-state index >= 15 is 0 Å². The normalized spacial score (nSPS) is 20.6. The van der Waals surface area contributed by atoms with E-state index in [4.69, 9.17) is 32.9 Å². The fourth-order valence-corrected chi connectivity index (χ4v) is 6.19. The summed E-state index contributed by atoms with van der Waals surface area (Å²) in [5.74, 6) is 0.960. The lowest BCUT2D eigenvalue weighted by atomic mass is 9.78. The molecule has 1 saturated heterocycles. The third kappa shape index (κ3) is 5.98. The molecule has 2 aliphatic heterocycles. The van der Waals surface area contributed by atoms with Crippen LogP contribution in [0.2, 0.25) is 10.0 Å². The molecule has 0 saturated carbocycles. The van der Waals surface area contributed by atoms with Crippen molar-refractivity contribution in [3.63, 3.8) is 0 Å². The number of piperazine rings is 1. The van der Waals surface area contributed by atoms with Gasteiger partial charge in [0.1, 0.15) is 23.7 Å². The molecule has 1 fully saturated rings. The summed E-state index contributed by atoms with van der Waals surface area (Å²) in [5, 5.41) is 4.04. The van der Waals surface area contributed by atoms with Crippen molar-refractivity contribution in [3.8, 4) is 5.75 Å². The minimum absolute atomic E-state index is 0.0305. The minimum Gasteiger partial charge on any atom is -0.493 e. The van der Waals surface area contributed by atoms with Crippen LogP contribution in [0.15, 0.2) is 71.7 Å². The molecule has 2 aliphatic rings. The van der Waals surface area contributed by atoms with Gasteiger partial charge in [-0.15, -0.1) is 0 Å². The maximum atomic E-state index is 14.7. The van der Waals surface area contributed by atoms with Gasteiger partial charge >= 0.3 is 6.03 Å². The monoisotopic (exact) mass is 620 g/mol. The predicted molar refractivity (Wildman–Crippen MR) is 172 cm³/mol. The molecule has 43 heavy (non-hydrogen) atoms. The van der Waals surface area contributed by atoms with Gasteiger partial charge in [0, 0.05) is 23.1 Å². The Hall–Kier alpha value is -3.55. The molecule has 0 bridgehead atoms. The Morgan fingerprint density at radius 3 is 2.26 bits per heavy atom. The standard InChI is InChI=1S/C34H38Cl2N4O3/c1-6-34(23-10-15-26(36)16-11-23)30(22-8-13-25(35)14-9-22)40(32(42)39-19-18-37-29(41)21-39)31(38-34)27-17-12-24(33(3,4)5)20-28(27)43-7-2/h8-17,20,30H,6-7,18-19,21H2,1-5H3,(H,37,41)/t30-,34-/m0/s1. The Bertz CT molecular complexity index is 1530. The summed E-state index contributed by atoms with van der Waals surface area (Å²) in [6.07, 6.45) is 0.583. The highest BCUT2D eigenvalue weighted by Crippen LogP contribution is 2.52. The second-order valence-electron chi connectivity index (χ2n) is 12.0. The molecule has 226 valence electrons. The van der Waals surface area contributed by atoms with Crippen LogP contribution < -0.4 is 10.1 Å². The van der Waals surface area contributed by atoms with Crippen LogP contribution in [0.1, 0.15) is 69.3 Å². The molecule has 2 heterocycles. The second-order valence-corrected chi connectivity index (χ2v) is 12.9. The maximum absolute atomic E-state index is 14.7. The van der Waals surface area contributed by atoms with E-state index in [1.165, 1.54) is 0 Å². The van der Waals surface area contributed by atoms with Crippen LogP contribution in [0.3, 0.4) is 0 Å². The molecule has 0 unspecified atom stereocenters. The number of rotatable bonds is 6. The van der Waals surface area contributed by atoms with E-state index in [1.807, 2.05) is 67.6 Å². The number of carbonyl (C=O) groups excluding carboxylic acids is 2. The Kier molecular flexibility index (Phi) is 8.77. The van der Waals surface area contributed by atoms with Gasteiger partial charge in [-0.25, -0.2) is 4.79 Å². The molecule has 5 rings (SSSR count). The molecule has 3 aromatic carbocycles. The van der Waals surface area contributed by atoms with E-state index < -0.39 is 11.6 Å². The summed E-state index contributed by atoms with van der Waals surface area (Å²) >= 11 is 12.7. The summed E-state index contributed by atoms with van der Waals surface area (Å²) in [6.45, 7) is 11.7. The van der Waals surface area contributed by atoms with Crippen molar-refractivity contribution in [2.75, 3.05) is 26.2 Å². The number of ether oxygens (including phenoxy) is 1. The van der Waals surface area contributed by atoms with Crippen LogP contribution in [0, 0.1) is 0 Å². The lowest BCUT2D eigenvalue weighted by Gasteiger charge is -2.39. The lowest BCUT2D eigenvalue weighted by molar-refractivity contribution is -0.123. The molecular weight excluding hydrogens is 583 g/mol. The second kappa shape index (κ2) is 12.2. The number of hydrogen-bond acceptors (Lipinski definition) is 4. The number of carbonyl (C=O) groups is 2. The fraction of sp³-hybridized carbons (Fsp3) is 0.382. The molecule has 0 spiro atoms. The Labute approximate surface area is 263 Å². The van der Waals surface area contributed by atoms with Crippen LogP contribution in [-0.2, 0) is 15.7 Å². The van der Waals surface area contributed by atoms with E-state index in [-0.39, 0.29) is 23.9 Å². The first-order valence-corrected chi connectivity index (χ1v) is 15.5. The first kappa shape index (κ1) is 30.9. The smallest absolute Gasteiger partial charge is 0.326 e. The Balaban J connectivity index is 1.79. The number of amides is 3. The molecule has 3 aromatic rings. The molecule has 3 amide bonds. The van der Waals surface area contributed by atoms with Crippen molar-refractivity contribution in [2.24, 2.45) is 4.99 Å². The maximum Gasteiger partial charge on any atom is 0.326 e.